The Morgan fingerprint density at radius 3 is 2.25 bits per heavy atom. The Morgan fingerprint density at radius 2 is 1.65 bits per heavy atom. The van der Waals surface area contributed by atoms with Crippen molar-refractivity contribution < 1.29 is 19.8 Å². The van der Waals surface area contributed by atoms with Crippen molar-refractivity contribution in [2.24, 2.45) is 0 Å². The molecule has 0 aliphatic carbocycles. The second-order valence-electron chi connectivity index (χ2n) is 4.06. The van der Waals surface area contributed by atoms with Crippen molar-refractivity contribution in [3.8, 4) is 23.5 Å². The first kappa shape index (κ1) is 13.4. The van der Waals surface area contributed by atoms with Crippen LogP contribution in [-0.2, 0) is 0 Å². The smallest absolute Gasteiger partial charge is 0.336 e. The van der Waals surface area contributed by atoms with Crippen molar-refractivity contribution in [1.82, 2.24) is 0 Å². The van der Waals surface area contributed by atoms with Gasteiger partial charge in [-0.25, -0.2) is 9.59 Å². The SMILES string of the molecule is C#Cc1ccccc1-c1cc(C(=O)O)ccc1C(=O)O. The minimum atomic E-state index is -1.14. The summed E-state index contributed by atoms with van der Waals surface area (Å²) in [4.78, 5) is 22.3. The van der Waals surface area contributed by atoms with Crippen LogP contribution in [0.3, 0.4) is 0 Å². The van der Waals surface area contributed by atoms with Gasteiger partial charge in [0.15, 0.2) is 0 Å². The Balaban J connectivity index is 2.76. The van der Waals surface area contributed by atoms with Crippen LogP contribution in [-0.4, -0.2) is 22.2 Å². The lowest BCUT2D eigenvalue weighted by Gasteiger charge is -2.09. The molecule has 0 atom stereocenters. The Kier molecular flexibility index (Phi) is 3.54. The van der Waals surface area contributed by atoms with Crippen LogP contribution in [0.15, 0.2) is 42.5 Å². The third-order valence-electron chi connectivity index (χ3n) is 2.87. The quantitative estimate of drug-likeness (QED) is 0.838. The molecule has 0 heterocycles. The molecule has 0 aliphatic heterocycles. The number of carboxylic acid groups (broad SMARTS) is 2. The largest absolute Gasteiger partial charge is 0.478 e. The van der Waals surface area contributed by atoms with Gasteiger partial charge in [-0.1, -0.05) is 24.1 Å². The van der Waals surface area contributed by atoms with Gasteiger partial charge in [0.2, 0.25) is 0 Å². The number of hydrogen-bond acceptors (Lipinski definition) is 2. The lowest BCUT2D eigenvalue weighted by atomic mass is 9.94. The van der Waals surface area contributed by atoms with Crippen LogP contribution in [0.4, 0.5) is 0 Å². The van der Waals surface area contributed by atoms with Crippen LogP contribution in [0.1, 0.15) is 26.3 Å². The summed E-state index contributed by atoms with van der Waals surface area (Å²) in [7, 11) is 0. The predicted molar refractivity (Wildman–Crippen MR) is 73.7 cm³/mol. The monoisotopic (exact) mass is 266 g/mol. The number of benzene rings is 2. The van der Waals surface area contributed by atoms with Crippen LogP contribution >= 0.6 is 0 Å². The van der Waals surface area contributed by atoms with Crippen molar-refractivity contribution in [1.29, 1.82) is 0 Å². The Hall–Kier alpha value is -3.06. The van der Waals surface area contributed by atoms with Gasteiger partial charge in [0, 0.05) is 5.56 Å². The average molecular weight is 266 g/mol. The molecule has 98 valence electrons. The summed E-state index contributed by atoms with van der Waals surface area (Å²) in [6.07, 6.45) is 5.40. The third-order valence-corrected chi connectivity index (χ3v) is 2.87. The van der Waals surface area contributed by atoms with E-state index in [0.717, 1.165) is 0 Å². The minimum absolute atomic E-state index is 0.0109. The number of terminal acetylenes is 1. The van der Waals surface area contributed by atoms with Crippen molar-refractivity contribution in [2.75, 3.05) is 0 Å². The first-order valence-electron chi connectivity index (χ1n) is 5.71. The number of rotatable bonds is 3. The lowest BCUT2D eigenvalue weighted by Crippen LogP contribution is -2.04. The van der Waals surface area contributed by atoms with Crippen molar-refractivity contribution in [3.63, 3.8) is 0 Å². The topological polar surface area (TPSA) is 74.6 Å². The molecule has 0 saturated carbocycles. The summed E-state index contributed by atoms with van der Waals surface area (Å²) in [6, 6.07) is 10.6. The van der Waals surface area contributed by atoms with Gasteiger partial charge in [0.1, 0.15) is 0 Å². The molecule has 2 N–H and O–H groups in total. The maximum absolute atomic E-state index is 11.3. The van der Waals surface area contributed by atoms with Gasteiger partial charge in [-0.2, -0.15) is 0 Å². The molecule has 0 aromatic heterocycles. The van der Waals surface area contributed by atoms with Crippen molar-refractivity contribution in [2.45, 2.75) is 0 Å². The number of carbonyl (C=O) groups is 2. The van der Waals surface area contributed by atoms with E-state index in [4.69, 9.17) is 11.5 Å². The average Bonchev–Trinajstić information content (AvgIpc) is 2.46. The highest BCUT2D eigenvalue weighted by molar-refractivity contribution is 5.99. The zero-order valence-electron chi connectivity index (χ0n) is 10.3. The Morgan fingerprint density at radius 1 is 0.950 bits per heavy atom. The van der Waals surface area contributed by atoms with E-state index in [1.165, 1.54) is 18.2 Å². The summed E-state index contributed by atoms with van der Waals surface area (Å²) in [5.74, 6) is 0.209. The van der Waals surface area contributed by atoms with Gasteiger partial charge in [0.25, 0.3) is 0 Å². The van der Waals surface area contributed by atoms with E-state index in [1.807, 2.05) is 0 Å². The van der Waals surface area contributed by atoms with Crippen molar-refractivity contribution >= 4 is 11.9 Å². The van der Waals surface area contributed by atoms with Gasteiger partial charge in [-0.15, -0.1) is 6.42 Å². The van der Waals surface area contributed by atoms with Gasteiger partial charge in [0.05, 0.1) is 11.1 Å². The van der Waals surface area contributed by atoms with E-state index in [2.05, 4.69) is 5.92 Å². The van der Waals surface area contributed by atoms with E-state index in [1.54, 1.807) is 24.3 Å². The first-order chi connectivity index (χ1) is 9.54. The maximum atomic E-state index is 11.3. The zero-order valence-corrected chi connectivity index (χ0v) is 10.3. The molecule has 2 aromatic rings. The van der Waals surface area contributed by atoms with Gasteiger partial charge in [-0.3, -0.25) is 0 Å². The van der Waals surface area contributed by atoms with Gasteiger partial charge >= 0.3 is 11.9 Å². The normalized spacial score (nSPS) is 9.75. The molecule has 4 heteroatoms. The second kappa shape index (κ2) is 5.29. The first-order valence-corrected chi connectivity index (χ1v) is 5.71. The van der Waals surface area contributed by atoms with Crippen LogP contribution in [0.25, 0.3) is 11.1 Å². The third kappa shape index (κ3) is 2.38. The molecule has 0 fully saturated rings. The highest BCUT2D eigenvalue weighted by Gasteiger charge is 2.16. The highest BCUT2D eigenvalue weighted by Crippen LogP contribution is 2.28. The lowest BCUT2D eigenvalue weighted by molar-refractivity contribution is 0.0682. The number of hydrogen-bond donors (Lipinski definition) is 2. The molecule has 0 bridgehead atoms. The van der Waals surface area contributed by atoms with Crippen LogP contribution < -0.4 is 0 Å². The maximum Gasteiger partial charge on any atom is 0.336 e. The standard InChI is InChI=1S/C16H10O4/c1-2-10-5-3-4-6-12(10)14-9-11(15(17)18)7-8-13(14)16(19)20/h1,3-9H,(H,17,18)(H,19,20). The summed E-state index contributed by atoms with van der Waals surface area (Å²) >= 11 is 0. The molecule has 0 aliphatic rings. The minimum Gasteiger partial charge on any atom is -0.478 e. The van der Waals surface area contributed by atoms with Crippen molar-refractivity contribution in [3.05, 3.63) is 59.2 Å². The molecule has 0 saturated heterocycles. The highest BCUT2D eigenvalue weighted by atomic mass is 16.4. The van der Waals surface area contributed by atoms with Crippen LogP contribution in [0.2, 0.25) is 0 Å². The van der Waals surface area contributed by atoms with E-state index >= 15 is 0 Å². The molecular weight excluding hydrogens is 256 g/mol. The molecule has 4 nitrogen and oxygen atoms in total. The fourth-order valence-electron chi connectivity index (χ4n) is 1.93. The Bertz CT molecular complexity index is 738. The Labute approximate surface area is 115 Å². The number of carboxylic acids is 2. The van der Waals surface area contributed by atoms with Crippen LogP contribution in [0, 0.1) is 12.3 Å². The predicted octanol–water partition coefficient (Wildman–Crippen LogP) is 2.73. The summed E-state index contributed by atoms with van der Waals surface area (Å²) < 4.78 is 0. The molecule has 20 heavy (non-hydrogen) atoms. The van der Waals surface area contributed by atoms with Crippen LogP contribution in [0.5, 0.6) is 0 Å². The molecule has 2 aromatic carbocycles. The van der Waals surface area contributed by atoms with E-state index in [0.29, 0.717) is 16.7 Å². The molecule has 0 amide bonds. The fourth-order valence-corrected chi connectivity index (χ4v) is 1.93. The van der Waals surface area contributed by atoms with E-state index in [-0.39, 0.29) is 11.1 Å². The van der Waals surface area contributed by atoms with E-state index < -0.39 is 11.9 Å². The van der Waals surface area contributed by atoms with Gasteiger partial charge < -0.3 is 10.2 Å². The fraction of sp³-hybridized carbons (Fsp3) is 0. The second-order valence-corrected chi connectivity index (χ2v) is 4.06. The molecular formula is C16H10O4. The zero-order chi connectivity index (χ0) is 14.7. The van der Waals surface area contributed by atoms with E-state index in [9.17, 15) is 14.7 Å². The molecule has 0 spiro atoms. The summed E-state index contributed by atoms with van der Waals surface area (Å²) in [6.45, 7) is 0. The molecule has 0 radical (unpaired) electrons. The summed E-state index contributed by atoms with van der Waals surface area (Å²) in [5.41, 5.74) is 1.36. The molecule has 2 rings (SSSR count). The molecule has 0 unspecified atom stereocenters. The number of aromatic carboxylic acids is 2. The summed E-state index contributed by atoms with van der Waals surface area (Å²) in [5, 5.41) is 18.2. The van der Waals surface area contributed by atoms with Gasteiger partial charge in [-0.05, 0) is 35.4 Å².